The molecule has 58 valence electrons. The molecule has 0 aliphatic rings. The molecule has 1 aromatic carbocycles. The lowest BCUT2D eigenvalue weighted by molar-refractivity contribution is 1.24. The van der Waals surface area contributed by atoms with Crippen LogP contribution in [0.15, 0.2) is 35.3 Å². The molecule has 0 atom stereocenters. The fourth-order valence-electron chi connectivity index (χ4n) is 1.12. The molecular weight excluding hydrogens is 134 g/mol. The van der Waals surface area contributed by atoms with Crippen LogP contribution in [0.1, 0.15) is 18.9 Å². The lowest BCUT2D eigenvalue weighted by atomic mass is 10.1. The standard InChI is InChI=1S/C10H13N/c1-3-10(11-2)9-7-5-4-6-8-9/h4-8H,3H2,1-2H3. The van der Waals surface area contributed by atoms with E-state index in [-0.39, 0.29) is 0 Å². The average molecular weight is 147 g/mol. The molecule has 0 fully saturated rings. The third-order valence-electron chi connectivity index (χ3n) is 1.71. The van der Waals surface area contributed by atoms with Gasteiger partial charge in [0.15, 0.2) is 0 Å². The molecule has 0 N–H and O–H groups in total. The molecule has 0 saturated heterocycles. The van der Waals surface area contributed by atoms with E-state index in [0.717, 1.165) is 6.42 Å². The van der Waals surface area contributed by atoms with Crippen molar-refractivity contribution in [3.63, 3.8) is 0 Å². The zero-order valence-electron chi connectivity index (χ0n) is 7.04. The predicted octanol–water partition coefficient (Wildman–Crippen LogP) is 2.52. The van der Waals surface area contributed by atoms with Gasteiger partial charge >= 0.3 is 0 Å². The topological polar surface area (TPSA) is 12.4 Å². The molecule has 11 heavy (non-hydrogen) atoms. The van der Waals surface area contributed by atoms with Crippen LogP contribution in [0.5, 0.6) is 0 Å². The SMILES string of the molecule is CCC(=NC)c1ccccc1. The van der Waals surface area contributed by atoms with E-state index in [9.17, 15) is 0 Å². The van der Waals surface area contributed by atoms with Crippen molar-refractivity contribution < 1.29 is 0 Å². The molecule has 0 aliphatic heterocycles. The van der Waals surface area contributed by atoms with E-state index in [1.54, 1.807) is 0 Å². The van der Waals surface area contributed by atoms with Crippen molar-refractivity contribution in [2.45, 2.75) is 13.3 Å². The Morgan fingerprint density at radius 2 is 1.91 bits per heavy atom. The Labute approximate surface area is 67.8 Å². The van der Waals surface area contributed by atoms with Gasteiger partial charge in [-0.15, -0.1) is 0 Å². The minimum Gasteiger partial charge on any atom is -0.292 e. The third-order valence-corrected chi connectivity index (χ3v) is 1.71. The largest absolute Gasteiger partial charge is 0.292 e. The lowest BCUT2D eigenvalue weighted by Gasteiger charge is -2.00. The molecule has 0 spiro atoms. The van der Waals surface area contributed by atoms with Crippen LogP contribution in [-0.4, -0.2) is 12.8 Å². The van der Waals surface area contributed by atoms with Gasteiger partial charge in [0, 0.05) is 12.8 Å². The molecule has 0 heterocycles. The summed E-state index contributed by atoms with van der Waals surface area (Å²) in [7, 11) is 1.84. The second-order valence-electron chi connectivity index (χ2n) is 2.39. The summed E-state index contributed by atoms with van der Waals surface area (Å²) in [6, 6.07) is 10.3. The highest BCUT2D eigenvalue weighted by Gasteiger charge is 1.95. The maximum Gasteiger partial charge on any atom is 0.0414 e. The molecule has 0 aliphatic carbocycles. The fraction of sp³-hybridized carbons (Fsp3) is 0.300. The van der Waals surface area contributed by atoms with E-state index in [1.165, 1.54) is 11.3 Å². The number of aliphatic imine (C=N–C) groups is 1. The van der Waals surface area contributed by atoms with Crippen molar-refractivity contribution in [3.8, 4) is 0 Å². The first-order chi connectivity index (χ1) is 5.38. The van der Waals surface area contributed by atoms with E-state index in [1.807, 2.05) is 25.2 Å². The van der Waals surface area contributed by atoms with Crippen LogP contribution in [0.3, 0.4) is 0 Å². The van der Waals surface area contributed by atoms with Crippen LogP contribution in [0.25, 0.3) is 0 Å². The van der Waals surface area contributed by atoms with Crippen molar-refractivity contribution >= 4 is 5.71 Å². The summed E-state index contributed by atoms with van der Waals surface area (Å²) >= 11 is 0. The smallest absolute Gasteiger partial charge is 0.0414 e. The van der Waals surface area contributed by atoms with E-state index >= 15 is 0 Å². The van der Waals surface area contributed by atoms with Gasteiger partial charge in [0.1, 0.15) is 0 Å². The van der Waals surface area contributed by atoms with Gasteiger partial charge in [0.25, 0.3) is 0 Å². The minimum absolute atomic E-state index is 1.00. The average Bonchev–Trinajstić information content (AvgIpc) is 2.09. The Morgan fingerprint density at radius 3 is 2.36 bits per heavy atom. The lowest BCUT2D eigenvalue weighted by Crippen LogP contribution is -1.97. The zero-order chi connectivity index (χ0) is 8.10. The fourth-order valence-corrected chi connectivity index (χ4v) is 1.12. The molecule has 0 saturated carbocycles. The number of hydrogen-bond donors (Lipinski definition) is 0. The Kier molecular flexibility index (Phi) is 2.84. The summed E-state index contributed by atoms with van der Waals surface area (Å²) in [6.07, 6.45) is 1.00. The summed E-state index contributed by atoms with van der Waals surface area (Å²) in [5.41, 5.74) is 2.41. The van der Waals surface area contributed by atoms with Gasteiger partial charge in [-0.1, -0.05) is 37.3 Å². The highest BCUT2D eigenvalue weighted by Crippen LogP contribution is 2.03. The Morgan fingerprint density at radius 1 is 1.27 bits per heavy atom. The van der Waals surface area contributed by atoms with Crippen LogP contribution in [-0.2, 0) is 0 Å². The normalized spacial score (nSPS) is 11.6. The van der Waals surface area contributed by atoms with Crippen LogP contribution in [0.4, 0.5) is 0 Å². The predicted molar refractivity (Wildman–Crippen MR) is 49.2 cm³/mol. The number of hydrogen-bond acceptors (Lipinski definition) is 1. The van der Waals surface area contributed by atoms with Gasteiger partial charge in [0.2, 0.25) is 0 Å². The highest BCUT2D eigenvalue weighted by molar-refractivity contribution is 6.00. The van der Waals surface area contributed by atoms with Gasteiger partial charge in [-0.25, -0.2) is 0 Å². The molecular formula is C10H13N. The van der Waals surface area contributed by atoms with Crippen molar-refractivity contribution in [1.82, 2.24) is 0 Å². The molecule has 0 radical (unpaired) electrons. The van der Waals surface area contributed by atoms with Gasteiger partial charge in [-0.3, -0.25) is 4.99 Å². The van der Waals surface area contributed by atoms with E-state index in [2.05, 4.69) is 24.0 Å². The first-order valence-electron chi connectivity index (χ1n) is 3.89. The highest BCUT2D eigenvalue weighted by atomic mass is 14.7. The maximum atomic E-state index is 4.19. The number of nitrogens with zero attached hydrogens (tertiary/aromatic N) is 1. The van der Waals surface area contributed by atoms with Crippen LogP contribution in [0.2, 0.25) is 0 Å². The molecule has 0 bridgehead atoms. The summed E-state index contributed by atoms with van der Waals surface area (Å²) in [5.74, 6) is 0. The molecule has 0 amide bonds. The van der Waals surface area contributed by atoms with Gasteiger partial charge in [-0.2, -0.15) is 0 Å². The zero-order valence-corrected chi connectivity index (χ0v) is 7.04. The number of rotatable bonds is 2. The summed E-state index contributed by atoms with van der Waals surface area (Å²) in [5, 5.41) is 0. The second-order valence-corrected chi connectivity index (χ2v) is 2.39. The molecule has 0 aromatic heterocycles. The molecule has 1 aromatic rings. The summed E-state index contributed by atoms with van der Waals surface area (Å²) < 4.78 is 0. The molecule has 1 heteroatoms. The second kappa shape index (κ2) is 3.91. The third kappa shape index (κ3) is 1.90. The van der Waals surface area contributed by atoms with Gasteiger partial charge in [0.05, 0.1) is 0 Å². The van der Waals surface area contributed by atoms with Crippen molar-refractivity contribution in [2.24, 2.45) is 4.99 Å². The van der Waals surface area contributed by atoms with Crippen molar-refractivity contribution in [2.75, 3.05) is 7.05 Å². The van der Waals surface area contributed by atoms with Crippen LogP contribution in [0, 0.1) is 0 Å². The van der Waals surface area contributed by atoms with E-state index in [0.29, 0.717) is 0 Å². The first-order valence-corrected chi connectivity index (χ1v) is 3.89. The molecule has 1 rings (SSSR count). The Bertz CT molecular complexity index is 236. The first kappa shape index (κ1) is 7.99. The summed E-state index contributed by atoms with van der Waals surface area (Å²) in [4.78, 5) is 4.19. The van der Waals surface area contributed by atoms with E-state index in [4.69, 9.17) is 0 Å². The van der Waals surface area contributed by atoms with Crippen molar-refractivity contribution in [3.05, 3.63) is 35.9 Å². The quantitative estimate of drug-likeness (QED) is 0.570. The molecule has 0 unspecified atom stereocenters. The minimum atomic E-state index is 1.00. The summed E-state index contributed by atoms with van der Waals surface area (Å²) in [6.45, 7) is 2.12. The monoisotopic (exact) mass is 147 g/mol. The number of benzene rings is 1. The Balaban J connectivity index is 2.92. The van der Waals surface area contributed by atoms with Gasteiger partial charge < -0.3 is 0 Å². The van der Waals surface area contributed by atoms with Crippen LogP contribution < -0.4 is 0 Å². The maximum absolute atomic E-state index is 4.19. The van der Waals surface area contributed by atoms with E-state index < -0.39 is 0 Å². The van der Waals surface area contributed by atoms with Crippen LogP contribution >= 0.6 is 0 Å². The molecule has 1 nitrogen and oxygen atoms in total. The Hall–Kier alpha value is -1.11. The van der Waals surface area contributed by atoms with Gasteiger partial charge in [-0.05, 0) is 12.0 Å². The van der Waals surface area contributed by atoms with Crippen molar-refractivity contribution in [1.29, 1.82) is 0 Å².